The minimum Gasteiger partial charge on any atom is -0.487 e. The third-order valence-electron chi connectivity index (χ3n) is 5.85. The lowest BCUT2D eigenvalue weighted by atomic mass is 9.89. The lowest BCUT2D eigenvalue weighted by Crippen LogP contribution is -2.32. The number of hydrogen-bond donors (Lipinski definition) is 3. The Morgan fingerprint density at radius 1 is 1.28 bits per heavy atom. The molecule has 0 spiro atoms. The Bertz CT molecular complexity index is 882. The van der Waals surface area contributed by atoms with E-state index in [1.165, 1.54) is 13.0 Å². The van der Waals surface area contributed by atoms with Crippen LogP contribution in [-0.2, 0) is 9.63 Å². The Hall–Kier alpha value is -3.05. The second kappa shape index (κ2) is 14.5. The van der Waals surface area contributed by atoms with Gasteiger partial charge in [-0.05, 0) is 50.3 Å². The lowest BCUT2D eigenvalue weighted by molar-refractivity contribution is -0.767. The second-order valence-electron chi connectivity index (χ2n) is 8.88. The molecule has 1 aromatic carbocycles. The van der Waals surface area contributed by atoms with E-state index in [2.05, 4.69) is 10.2 Å². The Balaban J connectivity index is 1.75. The highest BCUT2D eigenvalue weighted by Crippen LogP contribution is 2.37. The van der Waals surface area contributed by atoms with Crippen molar-refractivity contribution in [2.75, 3.05) is 13.2 Å². The zero-order chi connectivity index (χ0) is 26.6. The normalized spacial score (nSPS) is 23.1. The van der Waals surface area contributed by atoms with Gasteiger partial charge in [0.1, 0.15) is 11.9 Å². The minimum atomic E-state index is -3.24. The molecule has 0 radical (unpaired) electrons. The van der Waals surface area contributed by atoms with Gasteiger partial charge in [-0.1, -0.05) is 36.4 Å². The van der Waals surface area contributed by atoms with Crippen LogP contribution < -0.4 is 10.1 Å². The average molecular weight is 513 g/mol. The van der Waals surface area contributed by atoms with Gasteiger partial charge >= 0.3 is 0 Å². The Morgan fingerprint density at radius 2 is 2.00 bits per heavy atom. The number of amides is 1. The molecule has 0 saturated heterocycles. The molecule has 1 amide bonds. The molecule has 0 aliphatic heterocycles. The summed E-state index contributed by atoms with van der Waals surface area (Å²) in [5, 5.41) is 32.4. The van der Waals surface area contributed by atoms with E-state index in [-0.39, 0.29) is 25.3 Å². The second-order valence-corrected chi connectivity index (χ2v) is 8.88. The molecule has 200 valence electrons. The number of halogens is 2. The number of alkyl halides is 2. The summed E-state index contributed by atoms with van der Waals surface area (Å²) < 4.78 is 33.7. The van der Waals surface area contributed by atoms with E-state index in [4.69, 9.17) is 4.74 Å². The van der Waals surface area contributed by atoms with Crippen LogP contribution in [0.15, 0.2) is 54.6 Å². The van der Waals surface area contributed by atoms with Gasteiger partial charge in [0.2, 0.25) is 5.91 Å². The summed E-state index contributed by atoms with van der Waals surface area (Å²) in [4.78, 5) is 26.3. The first kappa shape index (κ1) is 29.2. The van der Waals surface area contributed by atoms with Crippen molar-refractivity contribution < 1.29 is 38.4 Å². The van der Waals surface area contributed by atoms with E-state index in [0.29, 0.717) is 25.0 Å². The Morgan fingerprint density at radius 3 is 2.69 bits per heavy atom. The van der Waals surface area contributed by atoms with E-state index in [9.17, 15) is 33.9 Å². The van der Waals surface area contributed by atoms with E-state index < -0.39 is 47.8 Å². The van der Waals surface area contributed by atoms with E-state index in [0.717, 1.165) is 6.08 Å². The Kier molecular flexibility index (Phi) is 11.7. The van der Waals surface area contributed by atoms with Crippen molar-refractivity contribution in [1.82, 2.24) is 5.32 Å². The van der Waals surface area contributed by atoms with Crippen LogP contribution in [0.2, 0.25) is 0 Å². The van der Waals surface area contributed by atoms with Crippen LogP contribution >= 0.6 is 0 Å². The molecule has 1 aliphatic rings. The summed E-state index contributed by atoms with van der Waals surface area (Å²) in [6.07, 6.45) is 5.01. The standard InChI is InChI=1S/C25H34F2N2O7/c1-18(36-29(33)34)16-28-24(32)12-8-3-2-7-11-20-21(23(31)15-22(20)30)13-14-25(26,27)17-35-19-9-5-4-6-10-19/h2,4-7,9-10,13-14,18,20-23,30-31H,3,8,11-12,15-17H2,1H3,(H,28,32)/b7-2-,14-13+/t18?,20-,21-,22+,23-/m1/s1. The first-order valence-corrected chi connectivity index (χ1v) is 11.9. The molecule has 3 N–H and O–H groups in total. The van der Waals surface area contributed by atoms with Gasteiger partial charge in [-0.2, -0.15) is 8.78 Å². The van der Waals surface area contributed by atoms with Crippen molar-refractivity contribution in [3.8, 4) is 5.75 Å². The number of hydrogen-bond acceptors (Lipinski definition) is 7. The summed E-state index contributed by atoms with van der Waals surface area (Å²) in [7, 11) is 0. The summed E-state index contributed by atoms with van der Waals surface area (Å²) in [6.45, 7) is 0.672. The van der Waals surface area contributed by atoms with Crippen LogP contribution in [0.1, 0.15) is 39.0 Å². The number of rotatable bonds is 15. The molecule has 0 heterocycles. The van der Waals surface area contributed by atoms with Gasteiger partial charge in [-0.25, -0.2) is 0 Å². The fourth-order valence-electron chi connectivity index (χ4n) is 3.98. The zero-order valence-corrected chi connectivity index (χ0v) is 20.2. The molecule has 0 bridgehead atoms. The number of unbranched alkanes of at least 4 members (excludes halogenated alkanes) is 1. The van der Waals surface area contributed by atoms with Gasteiger partial charge in [-0.15, -0.1) is 10.1 Å². The summed E-state index contributed by atoms with van der Waals surface area (Å²) >= 11 is 0. The molecule has 1 fully saturated rings. The van der Waals surface area contributed by atoms with Crippen LogP contribution in [0, 0.1) is 22.0 Å². The summed E-state index contributed by atoms with van der Waals surface area (Å²) in [5.41, 5.74) is 0. The molecule has 36 heavy (non-hydrogen) atoms. The van der Waals surface area contributed by atoms with Gasteiger partial charge in [0.25, 0.3) is 11.0 Å². The number of para-hydroxylation sites is 1. The largest absolute Gasteiger partial charge is 0.487 e. The van der Waals surface area contributed by atoms with Gasteiger partial charge in [-0.3, -0.25) is 4.79 Å². The van der Waals surface area contributed by atoms with Crippen molar-refractivity contribution in [2.24, 2.45) is 11.8 Å². The smallest absolute Gasteiger partial charge is 0.299 e. The SMILES string of the molecule is CC(CNC(=O)CCC/C=C\C[C@@H]1[C@@H](/C=C/C(F)(F)COc2ccccc2)[C@H](O)C[C@@H]1O)O[N+](=O)[O-]. The quantitative estimate of drug-likeness (QED) is 0.142. The fraction of sp³-hybridized carbons (Fsp3) is 0.560. The van der Waals surface area contributed by atoms with Crippen LogP contribution in [-0.4, -0.2) is 58.6 Å². The molecule has 1 unspecified atom stereocenters. The number of aliphatic hydroxyl groups is 2. The Labute approximate surface area is 208 Å². The van der Waals surface area contributed by atoms with Crippen LogP contribution in [0.25, 0.3) is 0 Å². The topological polar surface area (TPSA) is 131 Å². The maximum Gasteiger partial charge on any atom is 0.299 e. The third kappa shape index (κ3) is 10.7. The highest BCUT2D eigenvalue weighted by molar-refractivity contribution is 5.75. The molecule has 1 saturated carbocycles. The van der Waals surface area contributed by atoms with Gasteiger partial charge < -0.3 is 25.1 Å². The first-order valence-electron chi connectivity index (χ1n) is 11.9. The van der Waals surface area contributed by atoms with Crippen molar-refractivity contribution >= 4 is 5.91 Å². The molecule has 0 aromatic heterocycles. The number of benzene rings is 1. The number of nitrogens with one attached hydrogen (secondary N) is 1. The van der Waals surface area contributed by atoms with Crippen molar-refractivity contribution in [2.45, 2.75) is 63.3 Å². The minimum absolute atomic E-state index is 0.0316. The maximum atomic E-state index is 14.3. The van der Waals surface area contributed by atoms with E-state index in [1.807, 2.05) is 12.2 Å². The highest BCUT2D eigenvalue weighted by Gasteiger charge is 2.40. The van der Waals surface area contributed by atoms with Gasteiger partial charge in [0.05, 0.1) is 12.2 Å². The van der Waals surface area contributed by atoms with Crippen LogP contribution in [0.4, 0.5) is 8.78 Å². The maximum absolute atomic E-state index is 14.3. The molecule has 11 heteroatoms. The number of carbonyl (C=O) groups is 1. The number of aliphatic hydroxyl groups excluding tert-OH is 2. The molecule has 1 aliphatic carbocycles. The summed E-state index contributed by atoms with van der Waals surface area (Å²) in [6, 6.07) is 8.29. The predicted octanol–water partition coefficient (Wildman–Crippen LogP) is 3.44. The zero-order valence-electron chi connectivity index (χ0n) is 20.2. The molecular weight excluding hydrogens is 478 g/mol. The highest BCUT2D eigenvalue weighted by atomic mass is 19.3. The van der Waals surface area contributed by atoms with Crippen LogP contribution in [0.5, 0.6) is 5.75 Å². The molecule has 9 nitrogen and oxygen atoms in total. The fourth-order valence-corrected chi connectivity index (χ4v) is 3.98. The van der Waals surface area contributed by atoms with Crippen molar-refractivity contribution in [3.63, 3.8) is 0 Å². The lowest BCUT2D eigenvalue weighted by Gasteiger charge is -2.20. The van der Waals surface area contributed by atoms with Gasteiger partial charge in [0, 0.05) is 25.3 Å². The number of allylic oxidation sites excluding steroid dienone is 2. The van der Waals surface area contributed by atoms with E-state index >= 15 is 0 Å². The number of nitrogens with zero attached hydrogens (tertiary/aromatic N) is 1. The van der Waals surface area contributed by atoms with Crippen molar-refractivity contribution in [1.29, 1.82) is 0 Å². The third-order valence-corrected chi connectivity index (χ3v) is 5.85. The molecule has 5 atom stereocenters. The molecular formula is C25H34F2N2O7. The summed E-state index contributed by atoms with van der Waals surface area (Å²) in [5.74, 6) is -4.19. The van der Waals surface area contributed by atoms with Crippen molar-refractivity contribution in [3.05, 3.63) is 64.8 Å². The monoisotopic (exact) mass is 512 g/mol. The van der Waals surface area contributed by atoms with E-state index in [1.54, 1.807) is 30.3 Å². The number of ether oxygens (including phenoxy) is 1. The number of carbonyl (C=O) groups excluding carboxylic acids is 1. The predicted molar refractivity (Wildman–Crippen MR) is 128 cm³/mol. The first-order chi connectivity index (χ1) is 17.1. The molecule has 1 aromatic rings. The van der Waals surface area contributed by atoms with Gasteiger partial charge in [0.15, 0.2) is 6.61 Å². The molecule has 2 rings (SSSR count). The van der Waals surface area contributed by atoms with Crippen LogP contribution in [0.3, 0.4) is 0 Å². The average Bonchev–Trinajstić information content (AvgIpc) is 3.09.